The predicted molar refractivity (Wildman–Crippen MR) is 95.1 cm³/mol. The SMILES string of the molecule is CCCC[C@](C)(OCC)C(=O)Nc1ccc(OC(C)C)c(C)c1. The second-order valence-corrected chi connectivity index (χ2v) is 6.37. The molecular formula is C19H31NO3. The number of amides is 1. The molecule has 0 aliphatic heterocycles. The number of rotatable bonds is 9. The molecule has 130 valence electrons. The number of hydrogen-bond acceptors (Lipinski definition) is 3. The molecule has 0 saturated heterocycles. The van der Waals surface area contributed by atoms with Gasteiger partial charge in [0.1, 0.15) is 11.4 Å². The Bertz CT molecular complexity index is 513. The van der Waals surface area contributed by atoms with Crippen LogP contribution in [0.3, 0.4) is 0 Å². The van der Waals surface area contributed by atoms with E-state index in [-0.39, 0.29) is 12.0 Å². The summed E-state index contributed by atoms with van der Waals surface area (Å²) in [5.74, 6) is 0.751. The third-order valence-electron chi connectivity index (χ3n) is 3.75. The topological polar surface area (TPSA) is 47.6 Å². The molecule has 0 radical (unpaired) electrons. The first-order chi connectivity index (χ1) is 10.8. The molecule has 1 rings (SSSR count). The summed E-state index contributed by atoms with van der Waals surface area (Å²) in [4.78, 5) is 12.6. The van der Waals surface area contributed by atoms with E-state index in [0.29, 0.717) is 6.61 Å². The Morgan fingerprint density at radius 3 is 2.52 bits per heavy atom. The zero-order chi connectivity index (χ0) is 17.5. The minimum absolute atomic E-state index is 0.0928. The summed E-state index contributed by atoms with van der Waals surface area (Å²) in [6.45, 7) is 12.4. The maximum atomic E-state index is 12.6. The Kier molecular flexibility index (Phi) is 7.56. The van der Waals surface area contributed by atoms with Crippen LogP contribution in [0.15, 0.2) is 18.2 Å². The van der Waals surface area contributed by atoms with Crippen LogP contribution in [-0.2, 0) is 9.53 Å². The summed E-state index contributed by atoms with van der Waals surface area (Å²) in [5, 5.41) is 2.98. The van der Waals surface area contributed by atoms with Crippen molar-refractivity contribution >= 4 is 11.6 Å². The van der Waals surface area contributed by atoms with Crippen LogP contribution in [0.1, 0.15) is 59.4 Å². The first kappa shape index (κ1) is 19.5. The highest BCUT2D eigenvalue weighted by Gasteiger charge is 2.33. The second kappa shape index (κ2) is 8.92. The monoisotopic (exact) mass is 321 g/mol. The number of aryl methyl sites for hydroxylation is 1. The third kappa shape index (κ3) is 5.87. The van der Waals surface area contributed by atoms with E-state index in [1.165, 1.54) is 0 Å². The van der Waals surface area contributed by atoms with Crippen molar-refractivity contribution in [3.8, 4) is 5.75 Å². The van der Waals surface area contributed by atoms with Gasteiger partial charge in [-0.25, -0.2) is 0 Å². The molecule has 0 saturated carbocycles. The lowest BCUT2D eigenvalue weighted by Gasteiger charge is -2.28. The summed E-state index contributed by atoms with van der Waals surface area (Å²) in [6, 6.07) is 5.70. The summed E-state index contributed by atoms with van der Waals surface area (Å²) in [7, 11) is 0. The van der Waals surface area contributed by atoms with Crippen LogP contribution < -0.4 is 10.1 Å². The van der Waals surface area contributed by atoms with Gasteiger partial charge < -0.3 is 14.8 Å². The van der Waals surface area contributed by atoms with Crippen molar-refractivity contribution in [2.75, 3.05) is 11.9 Å². The average molecular weight is 321 g/mol. The molecule has 0 aromatic heterocycles. The van der Waals surface area contributed by atoms with Crippen molar-refractivity contribution in [1.29, 1.82) is 0 Å². The molecule has 0 spiro atoms. The van der Waals surface area contributed by atoms with E-state index in [0.717, 1.165) is 36.3 Å². The van der Waals surface area contributed by atoms with E-state index < -0.39 is 5.60 Å². The lowest BCUT2D eigenvalue weighted by atomic mass is 9.97. The maximum absolute atomic E-state index is 12.6. The Hall–Kier alpha value is -1.55. The van der Waals surface area contributed by atoms with Gasteiger partial charge in [0.05, 0.1) is 6.10 Å². The van der Waals surface area contributed by atoms with Gasteiger partial charge in [-0.2, -0.15) is 0 Å². The lowest BCUT2D eigenvalue weighted by molar-refractivity contribution is -0.139. The molecule has 1 aromatic rings. The minimum atomic E-state index is -0.786. The molecule has 1 amide bonds. The van der Waals surface area contributed by atoms with Gasteiger partial charge in [0, 0.05) is 12.3 Å². The number of ether oxygens (including phenoxy) is 2. The molecule has 0 unspecified atom stereocenters. The van der Waals surface area contributed by atoms with Gasteiger partial charge in [0.15, 0.2) is 0 Å². The molecule has 23 heavy (non-hydrogen) atoms. The Morgan fingerprint density at radius 2 is 2.00 bits per heavy atom. The smallest absolute Gasteiger partial charge is 0.256 e. The fourth-order valence-electron chi connectivity index (χ4n) is 2.46. The third-order valence-corrected chi connectivity index (χ3v) is 3.75. The average Bonchev–Trinajstić information content (AvgIpc) is 2.48. The van der Waals surface area contributed by atoms with Gasteiger partial charge in [0.25, 0.3) is 5.91 Å². The molecule has 1 atom stereocenters. The molecule has 0 heterocycles. The highest BCUT2D eigenvalue weighted by molar-refractivity contribution is 5.97. The van der Waals surface area contributed by atoms with Crippen molar-refractivity contribution in [2.45, 2.75) is 72.5 Å². The van der Waals surface area contributed by atoms with Crippen LogP contribution in [0.2, 0.25) is 0 Å². The first-order valence-electron chi connectivity index (χ1n) is 8.55. The second-order valence-electron chi connectivity index (χ2n) is 6.37. The Morgan fingerprint density at radius 1 is 1.30 bits per heavy atom. The van der Waals surface area contributed by atoms with E-state index in [9.17, 15) is 4.79 Å². The van der Waals surface area contributed by atoms with E-state index in [1.54, 1.807) is 0 Å². The van der Waals surface area contributed by atoms with Crippen molar-refractivity contribution in [2.24, 2.45) is 0 Å². The highest BCUT2D eigenvalue weighted by Crippen LogP contribution is 2.25. The maximum Gasteiger partial charge on any atom is 0.256 e. The van der Waals surface area contributed by atoms with Crippen LogP contribution in [0.25, 0.3) is 0 Å². The molecule has 1 aromatic carbocycles. The highest BCUT2D eigenvalue weighted by atomic mass is 16.5. The Labute approximate surface area is 140 Å². The molecule has 4 nitrogen and oxygen atoms in total. The quantitative estimate of drug-likeness (QED) is 0.717. The number of hydrogen-bond donors (Lipinski definition) is 1. The van der Waals surface area contributed by atoms with Crippen molar-refractivity contribution < 1.29 is 14.3 Å². The van der Waals surface area contributed by atoms with Crippen LogP contribution in [0, 0.1) is 6.92 Å². The molecule has 0 fully saturated rings. The van der Waals surface area contributed by atoms with Crippen molar-refractivity contribution in [3.63, 3.8) is 0 Å². The number of unbranched alkanes of at least 4 members (excludes halogenated alkanes) is 1. The number of carbonyl (C=O) groups excluding carboxylic acids is 1. The lowest BCUT2D eigenvalue weighted by Crippen LogP contribution is -2.42. The summed E-state index contributed by atoms with van der Waals surface area (Å²) in [6.07, 6.45) is 2.85. The number of benzene rings is 1. The summed E-state index contributed by atoms with van der Waals surface area (Å²) >= 11 is 0. The van der Waals surface area contributed by atoms with Crippen molar-refractivity contribution in [3.05, 3.63) is 23.8 Å². The Balaban J connectivity index is 2.84. The molecule has 0 aliphatic carbocycles. The van der Waals surface area contributed by atoms with E-state index in [2.05, 4.69) is 12.2 Å². The standard InChI is InChI=1S/C19H31NO3/c1-7-9-12-19(6,22-8-2)18(21)20-16-10-11-17(15(5)13-16)23-14(3)4/h10-11,13-14H,7-9,12H2,1-6H3,(H,20,21)/t19-/m0/s1. The van der Waals surface area contributed by atoms with Gasteiger partial charge in [-0.3, -0.25) is 4.79 Å². The molecule has 4 heteroatoms. The summed E-state index contributed by atoms with van der Waals surface area (Å²) < 4.78 is 11.5. The van der Waals surface area contributed by atoms with Gasteiger partial charge in [0.2, 0.25) is 0 Å². The van der Waals surface area contributed by atoms with E-state index >= 15 is 0 Å². The van der Waals surface area contributed by atoms with Crippen LogP contribution in [0.4, 0.5) is 5.69 Å². The van der Waals surface area contributed by atoms with Gasteiger partial charge in [-0.05, 0) is 64.8 Å². The van der Waals surface area contributed by atoms with Gasteiger partial charge >= 0.3 is 0 Å². The van der Waals surface area contributed by atoms with Crippen LogP contribution in [0.5, 0.6) is 5.75 Å². The zero-order valence-corrected chi connectivity index (χ0v) is 15.4. The molecule has 1 N–H and O–H groups in total. The van der Waals surface area contributed by atoms with Crippen LogP contribution >= 0.6 is 0 Å². The van der Waals surface area contributed by atoms with E-state index in [4.69, 9.17) is 9.47 Å². The molecule has 0 bridgehead atoms. The fourth-order valence-corrected chi connectivity index (χ4v) is 2.46. The molecule has 0 aliphatic rings. The summed E-state index contributed by atoms with van der Waals surface area (Å²) in [5.41, 5.74) is 0.986. The minimum Gasteiger partial charge on any atom is -0.491 e. The van der Waals surface area contributed by atoms with Gasteiger partial charge in [-0.15, -0.1) is 0 Å². The van der Waals surface area contributed by atoms with Crippen molar-refractivity contribution in [1.82, 2.24) is 0 Å². The van der Waals surface area contributed by atoms with Gasteiger partial charge in [-0.1, -0.05) is 19.8 Å². The van der Waals surface area contributed by atoms with E-state index in [1.807, 2.05) is 52.8 Å². The number of nitrogens with one attached hydrogen (secondary N) is 1. The normalized spacial score (nSPS) is 13.7. The number of anilines is 1. The number of carbonyl (C=O) groups is 1. The van der Waals surface area contributed by atoms with Crippen LogP contribution in [-0.4, -0.2) is 24.2 Å². The largest absolute Gasteiger partial charge is 0.491 e. The first-order valence-corrected chi connectivity index (χ1v) is 8.55. The predicted octanol–water partition coefficient (Wildman–Crippen LogP) is 4.71. The fraction of sp³-hybridized carbons (Fsp3) is 0.632. The molecular weight excluding hydrogens is 290 g/mol. The zero-order valence-electron chi connectivity index (χ0n) is 15.4.